The van der Waals surface area contributed by atoms with E-state index in [4.69, 9.17) is 4.74 Å². The van der Waals surface area contributed by atoms with E-state index in [1.807, 2.05) is 7.11 Å². The lowest BCUT2D eigenvalue weighted by Crippen LogP contribution is -2.44. The molecular weight excluding hydrogens is 236 g/mol. The van der Waals surface area contributed by atoms with E-state index in [-0.39, 0.29) is 0 Å². The first-order valence-electron chi connectivity index (χ1n) is 7.42. The standard InChI is InChI=1S/C16H24N2O/c1-12-7-9-18(11-16(12)19-2)14-5-6-15-13(10-14)4-3-8-17-15/h5-6,10,12,16-17H,3-4,7-9,11H2,1-2H3. The van der Waals surface area contributed by atoms with Gasteiger partial charge in [-0.1, -0.05) is 6.92 Å². The van der Waals surface area contributed by atoms with Crippen molar-refractivity contribution in [3.05, 3.63) is 23.8 Å². The molecule has 2 aliphatic rings. The molecule has 2 heterocycles. The number of methoxy groups -OCH3 is 1. The Hall–Kier alpha value is -1.22. The van der Waals surface area contributed by atoms with Crippen LogP contribution in [0.3, 0.4) is 0 Å². The molecular formula is C16H24N2O. The van der Waals surface area contributed by atoms with Crippen molar-refractivity contribution in [3.8, 4) is 0 Å². The SMILES string of the molecule is COC1CN(c2ccc3c(c2)CCCN3)CCC1C. The third-order valence-corrected chi connectivity index (χ3v) is 4.58. The smallest absolute Gasteiger partial charge is 0.0772 e. The Morgan fingerprint density at radius 2 is 2.26 bits per heavy atom. The van der Waals surface area contributed by atoms with Gasteiger partial charge in [-0.25, -0.2) is 0 Å². The number of nitrogens with one attached hydrogen (secondary N) is 1. The number of aryl methyl sites for hydroxylation is 1. The maximum absolute atomic E-state index is 5.61. The Kier molecular flexibility index (Phi) is 3.65. The minimum Gasteiger partial charge on any atom is -0.385 e. The van der Waals surface area contributed by atoms with Crippen LogP contribution in [0.15, 0.2) is 18.2 Å². The van der Waals surface area contributed by atoms with Crippen molar-refractivity contribution in [2.75, 3.05) is 37.0 Å². The summed E-state index contributed by atoms with van der Waals surface area (Å²) < 4.78 is 5.61. The van der Waals surface area contributed by atoms with Crippen LogP contribution in [-0.2, 0) is 11.2 Å². The van der Waals surface area contributed by atoms with Crippen molar-refractivity contribution in [3.63, 3.8) is 0 Å². The number of ether oxygens (including phenoxy) is 1. The number of anilines is 2. The molecule has 0 bridgehead atoms. The van der Waals surface area contributed by atoms with Gasteiger partial charge < -0.3 is 15.0 Å². The third kappa shape index (κ3) is 2.57. The topological polar surface area (TPSA) is 24.5 Å². The van der Waals surface area contributed by atoms with Crippen LogP contribution in [0.5, 0.6) is 0 Å². The second kappa shape index (κ2) is 5.41. The molecule has 1 fully saturated rings. The maximum Gasteiger partial charge on any atom is 0.0772 e. The van der Waals surface area contributed by atoms with Gasteiger partial charge >= 0.3 is 0 Å². The second-order valence-electron chi connectivity index (χ2n) is 5.86. The summed E-state index contributed by atoms with van der Waals surface area (Å²) in [7, 11) is 1.83. The lowest BCUT2D eigenvalue weighted by Gasteiger charge is -2.38. The van der Waals surface area contributed by atoms with Crippen LogP contribution in [0.25, 0.3) is 0 Å². The van der Waals surface area contributed by atoms with E-state index in [2.05, 4.69) is 35.3 Å². The molecule has 2 atom stereocenters. The highest BCUT2D eigenvalue weighted by Crippen LogP contribution is 2.30. The van der Waals surface area contributed by atoms with Gasteiger partial charge in [0.05, 0.1) is 6.10 Å². The van der Waals surface area contributed by atoms with Crippen molar-refractivity contribution in [2.24, 2.45) is 5.92 Å². The largest absolute Gasteiger partial charge is 0.385 e. The molecule has 19 heavy (non-hydrogen) atoms. The average molecular weight is 260 g/mol. The Morgan fingerprint density at radius 1 is 1.37 bits per heavy atom. The number of nitrogens with zero attached hydrogens (tertiary/aromatic N) is 1. The van der Waals surface area contributed by atoms with E-state index in [1.54, 1.807) is 0 Å². The summed E-state index contributed by atoms with van der Waals surface area (Å²) in [5.74, 6) is 0.667. The highest BCUT2D eigenvalue weighted by atomic mass is 16.5. The van der Waals surface area contributed by atoms with Crippen LogP contribution >= 0.6 is 0 Å². The fourth-order valence-electron chi connectivity index (χ4n) is 3.23. The monoisotopic (exact) mass is 260 g/mol. The molecule has 1 N–H and O–H groups in total. The molecule has 0 aromatic heterocycles. The third-order valence-electron chi connectivity index (χ3n) is 4.58. The van der Waals surface area contributed by atoms with Crippen molar-refractivity contribution in [2.45, 2.75) is 32.3 Å². The number of rotatable bonds is 2. The number of hydrogen-bond acceptors (Lipinski definition) is 3. The molecule has 0 amide bonds. The number of fused-ring (bicyclic) bond motifs is 1. The van der Waals surface area contributed by atoms with Gasteiger partial charge in [-0.05, 0) is 48.9 Å². The Bertz CT molecular complexity index is 446. The van der Waals surface area contributed by atoms with E-state index in [9.17, 15) is 0 Å². The average Bonchev–Trinajstić information content (AvgIpc) is 2.47. The van der Waals surface area contributed by atoms with Gasteiger partial charge in [0.2, 0.25) is 0 Å². The highest BCUT2D eigenvalue weighted by molar-refractivity contribution is 5.62. The molecule has 1 saturated heterocycles. The Labute approximate surface area is 115 Å². The van der Waals surface area contributed by atoms with Gasteiger partial charge in [-0.15, -0.1) is 0 Å². The van der Waals surface area contributed by atoms with Crippen molar-refractivity contribution >= 4 is 11.4 Å². The summed E-state index contributed by atoms with van der Waals surface area (Å²) >= 11 is 0. The normalized spacial score (nSPS) is 26.7. The van der Waals surface area contributed by atoms with Crippen LogP contribution in [0, 0.1) is 5.92 Å². The Morgan fingerprint density at radius 3 is 3.11 bits per heavy atom. The van der Waals surface area contributed by atoms with Gasteiger partial charge in [0.25, 0.3) is 0 Å². The summed E-state index contributed by atoms with van der Waals surface area (Å²) in [5, 5.41) is 3.48. The summed E-state index contributed by atoms with van der Waals surface area (Å²) in [6.07, 6.45) is 4.03. The lowest BCUT2D eigenvalue weighted by atomic mass is 9.94. The summed E-state index contributed by atoms with van der Waals surface area (Å²) in [5.41, 5.74) is 4.15. The summed E-state index contributed by atoms with van der Waals surface area (Å²) in [4.78, 5) is 2.48. The van der Waals surface area contributed by atoms with Gasteiger partial charge in [0.15, 0.2) is 0 Å². The molecule has 2 aliphatic heterocycles. The first-order chi connectivity index (χ1) is 9.28. The van der Waals surface area contributed by atoms with E-state index in [0.29, 0.717) is 12.0 Å². The van der Waals surface area contributed by atoms with E-state index < -0.39 is 0 Å². The summed E-state index contributed by atoms with van der Waals surface area (Å²) in [6, 6.07) is 6.85. The molecule has 3 nitrogen and oxygen atoms in total. The Balaban J connectivity index is 1.78. The van der Waals surface area contributed by atoms with Gasteiger partial charge in [0, 0.05) is 38.1 Å². The van der Waals surface area contributed by atoms with Crippen LogP contribution in [0.4, 0.5) is 11.4 Å². The maximum atomic E-state index is 5.61. The van der Waals surface area contributed by atoms with Crippen molar-refractivity contribution in [1.82, 2.24) is 0 Å². The van der Waals surface area contributed by atoms with Gasteiger partial charge in [0.1, 0.15) is 0 Å². The molecule has 0 spiro atoms. The molecule has 0 saturated carbocycles. The molecule has 3 rings (SSSR count). The molecule has 3 heteroatoms. The summed E-state index contributed by atoms with van der Waals surface area (Å²) in [6.45, 7) is 5.57. The number of hydrogen-bond donors (Lipinski definition) is 1. The first kappa shape index (κ1) is 12.8. The zero-order chi connectivity index (χ0) is 13.2. The van der Waals surface area contributed by atoms with E-state index in [1.165, 1.54) is 36.2 Å². The predicted molar refractivity (Wildman–Crippen MR) is 80.0 cm³/mol. The lowest BCUT2D eigenvalue weighted by molar-refractivity contribution is 0.0498. The molecule has 0 aliphatic carbocycles. The van der Waals surface area contributed by atoms with Crippen LogP contribution in [0.2, 0.25) is 0 Å². The predicted octanol–water partition coefficient (Wildman–Crippen LogP) is 2.91. The molecule has 104 valence electrons. The fraction of sp³-hybridized carbons (Fsp3) is 0.625. The molecule has 1 aromatic rings. The zero-order valence-electron chi connectivity index (χ0n) is 12.0. The van der Waals surface area contributed by atoms with Crippen LogP contribution in [0.1, 0.15) is 25.3 Å². The number of piperidine rings is 1. The minimum absolute atomic E-state index is 0.364. The highest BCUT2D eigenvalue weighted by Gasteiger charge is 2.26. The van der Waals surface area contributed by atoms with E-state index in [0.717, 1.165) is 19.6 Å². The molecule has 2 unspecified atom stereocenters. The van der Waals surface area contributed by atoms with Crippen molar-refractivity contribution < 1.29 is 4.74 Å². The zero-order valence-corrected chi connectivity index (χ0v) is 12.0. The van der Waals surface area contributed by atoms with Crippen LogP contribution < -0.4 is 10.2 Å². The van der Waals surface area contributed by atoms with Crippen LogP contribution in [-0.4, -0.2) is 32.8 Å². The minimum atomic E-state index is 0.364. The fourth-order valence-corrected chi connectivity index (χ4v) is 3.23. The number of benzene rings is 1. The van der Waals surface area contributed by atoms with Crippen molar-refractivity contribution in [1.29, 1.82) is 0 Å². The molecule has 0 radical (unpaired) electrons. The van der Waals surface area contributed by atoms with Gasteiger partial charge in [-0.3, -0.25) is 0 Å². The van der Waals surface area contributed by atoms with E-state index >= 15 is 0 Å². The first-order valence-corrected chi connectivity index (χ1v) is 7.42. The molecule has 1 aromatic carbocycles. The second-order valence-corrected chi connectivity index (χ2v) is 5.86. The van der Waals surface area contributed by atoms with Gasteiger partial charge in [-0.2, -0.15) is 0 Å². The quantitative estimate of drug-likeness (QED) is 0.885.